The second-order valence-corrected chi connectivity index (χ2v) is 8.21. The summed E-state index contributed by atoms with van der Waals surface area (Å²) in [5, 5.41) is 2.99. The third-order valence-electron chi connectivity index (χ3n) is 4.15. The van der Waals surface area contributed by atoms with Gasteiger partial charge in [-0.3, -0.25) is 4.79 Å². The number of anilines is 1. The second-order valence-electron chi connectivity index (χ2n) is 6.22. The van der Waals surface area contributed by atoms with Gasteiger partial charge in [0.15, 0.2) is 0 Å². The van der Waals surface area contributed by atoms with Crippen molar-refractivity contribution in [2.75, 3.05) is 24.7 Å². The van der Waals surface area contributed by atoms with Crippen LogP contribution < -0.4 is 5.32 Å². The zero-order chi connectivity index (χ0) is 16.5. The van der Waals surface area contributed by atoms with E-state index in [0.29, 0.717) is 6.54 Å². The molecule has 1 aromatic carbocycles. The maximum Gasteiger partial charge on any atom is 0.228 e. The van der Waals surface area contributed by atoms with Crippen molar-refractivity contribution in [2.45, 2.75) is 33.6 Å². The van der Waals surface area contributed by atoms with Crippen molar-refractivity contribution in [3.05, 3.63) is 28.8 Å². The van der Waals surface area contributed by atoms with Crippen molar-refractivity contribution in [1.29, 1.82) is 0 Å². The van der Waals surface area contributed by atoms with Gasteiger partial charge in [-0.1, -0.05) is 17.7 Å². The first-order valence-corrected chi connectivity index (χ1v) is 9.37. The molecule has 22 heavy (non-hydrogen) atoms. The van der Waals surface area contributed by atoms with Crippen LogP contribution in [0.5, 0.6) is 0 Å². The zero-order valence-corrected chi connectivity index (χ0v) is 14.5. The molecule has 1 aromatic rings. The monoisotopic (exact) mass is 324 g/mol. The maximum atomic E-state index is 12.5. The van der Waals surface area contributed by atoms with Gasteiger partial charge in [-0.05, 0) is 44.7 Å². The van der Waals surface area contributed by atoms with Gasteiger partial charge in [0.1, 0.15) is 0 Å². The van der Waals surface area contributed by atoms with Crippen LogP contribution in [-0.2, 0) is 14.8 Å². The Kier molecular flexibility index (Phi) is 4.92. The van der Waals surface area contributed by atoms with E-state index < -0.39 is 10.0 Å². The van der Waals surface area contributed by atoms with Crippen LogP contribution in [0.15, 0.2) is 12.1 Å². The highest BCUT2D eigenvalue weighted by atomic mass is 32.2. The number of amides is 1. The number of hydrogen-bond donors (Lipinski definition) is 1. The molecule has 122 valence electrons. The van der Waals surface area contributed by atoms with E-state index in [2.05, 4.69) is 5.32 Å². The highest BCUT2D eigenvalue weighted by Crippen LogP contribution is 2.25. The van der Waals surface area contributed by atoms with Gasteiger partial charge in [0.2, 0.25) is 15.9 Å². The van der Waals surface area contributed by atoms with Crippen LogP contribution in [0.3, 0.4) is 0 Å². The highest BCUT2D eigenvalue weighted by Gasteiger charge is 2.30. The Balaban J connectivity index is 2.13. The average molecular weight is 324 g/mol. The summed E-state index contributed by atoms with van der Waals surface area (Å²) in [5.41, 5.74) is 4.06. The van der Waals surface area contributed by atoms with E-state index in [9.17, 15) is 13.2 Å². The number of carbonyl (C=O) groups is 1. The number of nitrogens with zero attached hydrogens (tertiary/aromatic N) is 1. The molecule has 1 heterocycles. The molecule has 0 aliphatic carbocycles. The molecular formula is C16H24N2O3S. The number of hydrogen-bond acceptors (Lipinski definition) is 3. The van der Waals surface area contributed by atoms with Gasteiger partial charge < -0.3 is 5.32 Å². The first kappa shape index (κ1) is 17.0. The minimum atomic E-state index is -3.23. The normalized spacial score (nSPS) is 19.9. The molecule has 1 atom stereocenters. The van der Waals surface area contributed by atoms with E-state index in [4.69, 9.17) is 0 Å². The fourth-order valence-corrected chi connectivity index (χ4v) is 3.97. The Morgan fingerprint density at radius 1 is 1.23 bits per heavy atom. The minimum absolute atomic E-state index is 0.0941. The van der Waals surface area contributed by atoms with Crippen molar-refractivity contribution in [3.63, 3.8) is 0 Å². The predicted molar refractivity (Wildman–Crippen MR) is 88.4 cm³/mol. The van der Waals surface area contributed by atoms with Crippen molar-refractivity contribution < 1.29 is 13.2 Å². The minimum Gasteiger partial charge on any atom is -0.325 e. The number of carbonyl (C=O) groups excluding carboxylic acids is 1. The number of aryl methyl sites for hydroxylation is 3. The topological polar surface area (TPSA) is 66.5 Å². The molecule has 1 saturated heterocycles. The van der Waals surface area contributed by atoms with Gasteiger partial charge in [0.25, 0.3) is 0 Å². The van der Waals surface area contributed by atoms with Crippen LogP contribution in [0.1, 0.15) is 29.5 Å². The molecule has 0 aromatic heterocycles. The molecule has 0 spiro atoms. The van der Waals surface area contributed by atoms with E-state index in [1.165, 1.54) is 10.6 Å². The molecule has 2 rings (SSSR count). The van der Waals surface area contributed by atoms with Gasteiger partial charge in [-0.2, -0.15) is 0 Å². The standard InChI is InChI=1S/C16H24N2O3S/c1-11-8-12(2)15(13(3)9-11)17-16(19)14-6-5-7-18(10-14)22(4,20)21/h8-9,14H,5-7,10H2,1-4H3,(H,17,19)/t14-/m0/s1. The fourth-order valence-electron chi connectivity index (χ4n) is 3.06. The summed E-state index contributed by atoms with van der Waals surface area (Å²) in [6, 6.07) is 4.07. The lowest BCUT2D eigenvalue weighted by molar-refractivity contribution is -0.120. The Morgan fingerprint density at radius 2 is 1.82 bits per heavy atom. The first-order chi connectivity index (χ1) is 10.2. The molecule has 1 amide bonds. The van der Waals surface area contributed by atoms with Crippen LogP contribution in [0.2, 0.25) is 0 Å². The lowest BCUT2D eigenvalue weighted by Crippen LogP contribution is -2.43. The van der Waals surface area contributed by atoms with E-state index in [0.717, 1.165) is 35.2 Å². The van der Waals surface area contributed by atoms with Crippen LogP contribution in [0.4, 0.5) is 5.69 Å². The molecule has 5 nitrogen and oxygen atoms in total. The number of benzene rings is 1. The van der Waals surface area contributed by atoms with Crippen molar-refractivity contribution in [3.8, 4) is 0 Å². The smallest absolute Gasteiger partial charge is 0.228 e. The van der Waals surface area contributed by atoms with Gasteiger partial charge in [0, 0.05) is 18.8 Å². The third kappa shape index (κ3) is 3.87. The quantitative estimate of drug-likeness (QED) is 0.927. The van der Waals surface area contributed by atoms with Gasteiger partial charge in [0.05, 0.1) is 12.2 Å². The van der Waals surface area contributed by atoms with Crippen molar-refractivity contribution >= 4 is 21.6 Å². The molecule has 1 fully saturated rings. The lowest BCUT2D eigenvalue weighted by Gasteiger charge is -2.30. The Labute approximate surface area is 132 Å². The van der Waals surface area contributed by atoms with E-state index in [1.54, 1.807) is 0 Å². The Hall–Kier alpha value is -1.40. The maximum absolute atomic E-state index is 12.5. The van der Waals surface area contributed by atoms with Crippen molar-refractivity contribution in [2.24, 2.45) is 5.92 Å². The summed E-state index contributed by atoms with van der Waals surface area (Å²) in [4.78, 5) is 12.5. The predicted octanol–water partition coefficient (Wildman–Crippen LogP) is 2.22. The number of nitrogens with one attached hydrogen (secondary N) is 1. The molecule has 0 bridgehead atoms. The summed E-state index contributed by atoms with van der Waals surface area (Å²) < 4.78 is 24.7. The highest BCUT2D eigenvalue weighted by molar-refractivity contribution is 7.88. The molecule has 0 saturated carbocycles. The summed E-state index contributed by atoms with van der Waals surface area (Å²) in [5.74, 6) is -0.382. The van der Waals surface area contributed by atoms with E-state index in [1.807, 2.05) is 32.9 Å². The molecule has 1 aliphatic heterocycles. The first-order valence-electron chi connectivity index (χ1n) is 7.52. The van der Waals surface area contributed by atoms with E-state index in [-0.39, 0.29) is 18.4 Å². The third-order valence-corrected chi connectivity index (χ3v) is 5.42. The second kappa shape index (κ2) is 6.38. The fraction of sp³-hybridized carbons (Fsp3) is 0.562. The molecular weight excluding hydrogens is 300 g/mol. The average Bonchev–Trinajstić information content (AvgIpc) is 2.41. The van der Waals surface area contributed by atoms with Crippen LogP contribution >= 0.6 is 0 Å². The van der Waals surface area contributed by atoms with Crippen molar-refractivity contribution in [1.82, 2.24) is 4.31 Å². The summed E-state index contributed by atoms with van der Waals surface area (Å²) in [7, 11) is -3.23. The van der Waals surface area contributed by atoms with Gasteiger partial charge in [-0.25, -0.2) is 12.7 Å². The number of rotatable bonds is 3. The molecule has 1 aliphatic rings. The summed E-state index contributed by atoms with van der Waals surface area (Å²) in [6.45, 7) is 6.75. The molecule has 0 unspecified atom stereocenters. The molecule has 0 radical (unpaired) electrons. The Morgan fingerprint density at radius 3 is 2.36 bits per heavy atom. The Bertz CT molecular complexity index is 660. The molecule has 1 N–H and O–H groups in total. The lowest BCUT2D eigenvalue weighted by atomic mass is 9.98. The van der Waals surface area contributed by atoms with Crippen LogP contribution in [-0.4, -0.2) is 38.0 Å². The largest absolute Gasteiger partial charge is 0.325 e. The SMILES string of the molecule is Cc1cc(C)c(NC(=O)[C@H]2CCCN(S(C)(=O)=O)C2)c(C)c1. The summed E-state index contributed by atoms with van der Waals surface area (Å²) in [6.07, 6.45) is 2.64. The number of piperidine rings is 1. The summed E-state index contributed by atoms with van der Waals surface area (Å²) >= 11 is 0. The van der Waals surface area contributed by atoms with E-state index >= 15 is 0 Å². The van der Waals surface area contributed by atoms with Gasteiger partial charge >= 0.3 is 0 Å². The van der Waals surface area contributed by atoms with Gasteiger partial charge in [-0.15, -0.1) is 0 Å². The van der Waals surface area contributed by atoms with Crippen LogP contribution in [0.25, 0.3) is 0 Å². The molecule has 6 heteroatoms. The number of sulfonamides is 1. The van der Waals surface area contributed by atoms with Crippen LogP contribution in [0, 0.1) is 26.7 Å². The zero-order valence-electron chi connectivity index (χ0n) is 13.6.